The second-order valence-electron chi connectivity index (χ2n) is 5.73. The van der Waals surface area contributed by atoms with E-state index in [1.807, 2.05) is 6.07 Å². The van der Waals surface area contributed by atoms with Crippen LogP contribution in [0.25, 0.3) is 0 Å². The number of thiophene rings is 1. The Bertz CT molecular complexity index is 537. The molecule has 1 heterocycles. The highest BCUT2D eigenvalue weighted by atomic mass is 32.1. The minimum Gasteiger partial charge on any atom is -0.359 e. The number of amides is 1. The number of fused-ring (bicyclic) bond motifs is 1. The molecular weight excluding hydrogens is 290 g/mol. The summed E-state index contributed by atoms with van der Waals surface area (Å²) >= 11 is 6.71. The molecule has 1 atom stereocenters. The number of hydrogen-bond donors (Lipinski definition) is 3. The molecule has 1 saturated carbocycles. The molecule has 6 heteroatoms. The number of nitrogens with one attached hydrogen (secondary N) is 3. The first kappa shape index (κ1) is 13.8. The van der Waals surface area contributed by atoms with Gasteiger partial charge in [-0.05, 0) is 61.9 Å². The van der Waals surface area contributed by atoms with Crippen LogP contribution in [0.5, 0.6) is 0 Å². The average Bonchev–Trinajstić information content (AvgIpc) is 3.12. The van der Waals surface area contributed by atoms with Gasteiger partial charge in [0.25, 0.3) is 5.91 Å². The van der Waals surface area contributed by atoms with E-state index < -0.39 is 0 Å². The van der Waals surface area contributed by atoms with Gasteiger partial charge in [0.15, 0.2) is 5.11 Å². The van der Waals surface area contributed by atoms with Crippen molar-refractivity contribution in [2.45, 2.75) is 45.1 Å². The first-order valence-electron chi connectivity index (χ1n) is 7.10. The maximum Gasteiger partial charge on any atom is 0.279 e. The van der Waals surface area contributed by atoms with E-state index in [0.717, 1.165) is 36.5 Å². The van der Waals surface area contributed by atoms with Crippen LogP contribution in [0.2, 0.25) is 0 Å². The molecule has 3 N–H and O–H groups in total. The van der Waals surface area contributed by atoms with Crippen molar-refractivity contribution in [1.82, 2.24) is 16.2 Å². The summed E-state index contributed by atoms with van der Waals surface area (Å²) in [5.74, 6) is 0.624. The standard InChI is InChI=1S/C14H19N3OS2/c1-8-2-5-11-9(6-8)7-12(20-11)13(18)16-17-14(19)15-10-3-4-10/h7-8,10H,2-6H2,1H3,(H,16,18)(H2,15,17,19)/t8-/m1/s1. The van der Waals surface area contributed by atoms with Crippen LogP contribution in [0.3, 0.4) is 0 Å². The molecule has 0 aliphatic heterocycles. The van der Waals surface area contributed by atoms with Crippen LogP contribution in [0, 0.1) is 5.92 Å². The van der Waals surface area contributed by atoms with Gasteiger partial charge in [0, 0.05) is 10.9 Å². The number of thiocarbonyl (C=S) groups is 1. The topological polar surface area (TPSA) is 53.2 Å². The molecule has 1 aromatic rings. The fraction of sp³-hybridized carbons (Fsp3) is 0.571. The van der Waals surface area contributed by atoms with Gasteiger partial charge < -0.3 is 5.32 Å². The van der Waals surface area contributed by atoms with E-state index >= 15 is 0 Å². The second-order valence-corrected chi connectivity index (χ2v) is 7.28. The van der Waals surface area contributed by atoms with Crippen LogP contribution in [0.15, 0.2) is 6.07 Å². The molecular formula is C14H19N3OS2. The molecule has 2 aliphatic carbocycles. The molecule has 1 fully saturated rings. The van der Waals surface area contributed by atoms with Crippen LogP contribution in [0.1, 0.15) is 46.3 Å². The number of aryl methyl sites for hydroxylation is 1. The van der Waals surface area contributed by atoms with Gasteiger partial charge >= 0.3 is 0 Å². The quantitative estimate of drug-likeness (QED) is 0.579. The van der Waals surface area contributed by atoms with Crippen molar-refractivity contribution in [3.05, 3.63) is 21.4 Å². The third-order valence-corrected chi connectivity index (χ3v) is 5.21. The Morgan fingerprint density at radius 1 is 1.35 bits per heavy atom. The fourth-order valence-corrected chi connectivity index (χ4v) is 3.76. The van der Waals surface area contributed by atoms with Crippen LogP contribution in [-0.2, 0) is 12.8 Å². The van der Waals surface area contributed by atoms with Crippen LogP contribution in [0.4, 0.5) is 0 Å². The number of rotatable bonds is 2. The van der Waals surface area contributed by atoms with Crippen molar-refractivity contribution >= 4 is 34.6 Å². The van der Waals surface area contributed by atoms with Gasteiger partial charge in [-0.25, -0.2) is 0 Å². The maximum absolute atomic E-state index is 12.1. The minimum absolute atomic E-state index is 0.100. The van der Waals surface area contributed by atoms with Crippen molar-refractivity contribution in [2.75, 3.05) is 0 Å². The van der Waals surface area contributed by atoms with Gasteiger partial charge in [0.2, 0.25) is 0 Å². The van der Waals surface area contributed by atoms with Gasteiger partial charge in [-0.15, -0.1) is 11.3 Å². The van der Waals surface area contributed by atoms with E-state index in [1.54, 1.807) is 11.3 Å². The Kier molecular flexibility index (Phi) is 3.94. The average molecular weight is 309 g/mol. The molecule has 0 unspecified atom stereocenters. The minimum atomic E-state index is -0.100. The van der Waals surface area contributed by atoms with Gasteiger partial charge in [0.1, 0.15) is 0 Å². The molecule has 0 radical (unpaired) electrons. The predicted molar refractivity (Wildman–Crippen MR) is 84.9 cm³/mol. The molecule has 0 bridgehead atoms. The normalized spacial score (nSPS) is 20.9. The van der Waals surface area contributed by atoms with Crippen LogP contribution < -0.4 is 16.2 Å². The highest BCUT2D eigenvalue weighted by Gasteiger charge is 2.23. The molecule has 0 spiro atoms. The van der Waals surface area contributed by atoms with Crippen molar-refractivity contribution < 1.29 is 4.79 Å². The summed E-state index contributed by atoms with van der Waals surface area (Å²) in [6.07, 6.45) is 5.73. The Morgan fingerprint density at radius 2 is 2.15 bits per heavy atom. The summed E-state index contributed by atoms with van der Waals surface area (Å²) in [5, 5.41) is 3.62. The van der Waals surface area contributed by atoms with E-state index in [0.29, 0.717) is 11.2 Å². The van der Waals surface area contributed by atoms with Gasteiger partial charge in [-0.3, -0.25) is 15.6 Å². The molecule has 0 saturated heterocycles. The molecule has 4 nitrogen and oxygen atoms in total. The van der Waals surface area contributed by atoms with Crippen molar-refractivity contribution in [2.24, 2.45) is 5.92 Å². The van der Waals surface area contributed by atoms with E-state index in [4.69, 9.17) is 12.2 Å². The largest absolute Gasteiger partial charge is 0.359 e. The zero-order valence-corrected chi connectivity index (χ0v) is 13.1. The number of carbonyl (C=O) groups excluding carboxylic acids is 1. The summed E-state index contributed by atoms with van der Waals surface area (Å²) in [7, 11) is 0. The smallest absolute Gasteiger partial charge is 0.279 e. The molecule has 3 rings (SSSR count). The summed E-state index contributed by atoms with van der Waals surface area (Å²) in [5.41, 5.74) is 6.78. The summed E-state index contributed by atoms with van der Waals surface area (Å²) in [6.45, 7) is 2.27. The lowest BCUT2D eigenvalue weighted by Gasteiger charge is -2.16. The number of hydrogen-bond acceptors (Lipinski definition) is 3. The highest BCUT2D eigenvalue weighted by molar-refractivity contribution is 7.80. The predicted octanol–water partition coefficient (Wildman–Crippen LogP) is 2.14. The molecule has 1 aromatic heterocycles. The summed E-state index contributed by atoms with van der Waals surface area (Å²) < 4.78 is 0. The number of hydrazine groups is 1. The second kappa shape index (κ2) is 5.69. The molecule has 20 heavy (non-hydrogen) atoms. The highest BCUT2D eigenvalue weighted by Crippen LogP contribution is 2.32. The van der Waals surface area contributed by atoms with Gasteiger partial charge in [0.05, 0.1) is 4.88 Å². The van der Waals surface area contributed by atoms with E-state index in [9.17, 15) is 4.79 Å². The van der Waals surface area contributed by atoms with E-state index in [2.05, 4.69) is 23.1 Å². The van der Waals surface area contributed by atoms with Gasteiger partial charge in [-0.1, -0.05) is 6.92 Å². The SMILES string of the molecule is C[C@@H]1CCc2sc(C(=O)NNC(=S)NC3CC3)cc2C1. The third kappa shape index (κ3) is 3.30. The first-order valence-corrected chi connectivity index (χ1v) is 8.32. The Balaban J connectivity index is 1.55. The zero-order valence-electron chi connectivity index (χ0n) is 11.5. The van der Waals surface area contributed by atoms with Crippen LogP contribution >= 0.6 is 23.6 Å². The van der Waals surface area contributed by atoms with Crippen molar-refractivity contribution in [3.63, 3.8) is 0 Å². The molecule has 0 aromatic carbocycles. The molecule has 108 valence electrons. The van der Waals surface area contributed by atoms with Crippen molar-refractivity contribution in [3.8, 4) is 0 Å². The monoisotopic (exact) mass is 309 g/mol. The first-order chi connectivity index (χ1) is 9.61. The lowest BCUT2D eigenvalue weighted by atomic mass is 9.90. The lowest BCUT2D eigenvalue weighted by molar-refractivity contribution is 0.0947. The Hall–Kier alpha value is -1.14. The zero-order chi connectivity index (χ0) is 14.1. The van der Waals surface area contributed by atoms with Crippen molar-refractivity contribution in [1.29, 1.82) is 0 Å². The Labute approximate surface area is 128 Å². The summed E-state index contributed by atoms with van der Waals surface area (Å²) in [4.78, 5) is 14.2. The van der Waals surface area contributed by atoms with E-state index in [1.165, 1.54) is 16.9 Å². The fourth-order valence-electron chi connectivity index (χ4n) is 2.44. The third-order valence-electron chi connectivity index (χ3n) is 3.76. The lowest BCUT2D eigenvalue weighted by Crippen LogP contribution is -2.47. The van der Waals surface area contributed by atoms with Gasteiger partial charge in [-0.2, -0.15) is 0 Å². The van der Waals surface area contributed by atoms with Crippen LogP contribution in [-0.4, -0.2) is 17.1 Å². The molecule has 1 amide bonds. The summed E-state index contributed by atoms with van der Waals surface area (Å²) in [6, 6.07) is 2.52. The van der Waals surface area contributed by atoms with E-state index in [-0.39, 0.29) is 5.91 Å². The Morgan fingerprint density at radius 3 is 2.90 bits per heavy atom. The molecule has 2 aliphatic rings. The maximum atomic E-state index is 12.1. The number of carbonyl (C=O) groups is 1.